The number of hydrogen-bond donors (Lipinski definition) is 0. The maximum atomic E-state index is 14.3. The molecule has 3 aromatic rings. The fourth-order valence-corrected chi connectivity index (χ4v) is 6.06. The Bertz CT molecular complexity index is 1480. The molecule has 5 rings (SSSR count). The molecule has 2 aliphatic heterocycles. The predicted octanol–water partition coefficient (Wildman–Crippen LogP) is 5.14. The van der Waals surface area contributed by atoms with E-state index in [9.17, 15) is 22.8 Å². The molecule has 2 amide bonds. The number of rotatable bonds is 10. The van der Waals surface area contributed by atoms with Crippen LogP contribution in [0.1, 0.15) is 35.1 Å². The van der Waals surface area contributed by atoms with Crippen molar-refractivity contribution in [1.29, 1.82) is 0 Å². The van der Waals surface area contributed by atoms with Crippen molar-refractivity contribution in [3.05, 3.63) is 101 Å². The van der Waals surface area contributed by atoms with Crippen LogP contribution in [0.15, 0.2) is 79.0 Å². The number of halogens is 3. The summed E-state index contributed by atoms with van der Waals surface area (Å²) in [7, 11) is 4.09. The molecule has 2 aliphatic rings. The number of hydrogen-bond acceptors (Lipinski definition) is 6. The Morgan fingerprint density at radius 1 is 0.936 bits per heavy atom. The molecule has 0 radical (unpaired) electrons. The third-order valence-corrected chi connectivity index (χ3v) is 8.88. The van der Waals surface area contributed by atoms with Crippen molar-refractivity contribution >= 4 is 23.7 Å². The van der Waals surface area contributed by atoms with Gasteiger partial charge in [-0.05, 0) is 67.9 Å². The van der Waals surface area contributed by atoms with Gasteiger partial charge in [0.2, 0.25) is 11.8 Å². The van der Waals surface area contributed by atoms with E-state index < -0.39 is 23.7 Å². The minimum absolute atomic E-state index is 0.125. The molecule has 0 saturated carbocycles. The molecule has 1 unspecified atom stereocenters. The van der Waals surface area contributed by atoms with E-state index >= 15 is 0 Å². The lowest BCUT2D eigenvalue weighted by atomic mass is 9.99. The number of piperidine rings is 1. The molecule has 47 heavy (non-hydrogen) atoms. The van der Waals surface area contributed by atoms with Crippen LogP contribution in [0.2, 0.25) is 0 Å². The van der Waals surface area contributed by atoms with E-state index in [4.69, 9.17) is 4.74 Å². The number of alkyl halides is 3. The van der Waals surface area contributed by atoms with E-state index in [-0.39, 0.29) is 12.5 Å². The van der Waals surface area contributed by atoms with Crippen molar-refractivity contribution < 1.29 is 27.5 Å². The maximum Gasteiger partial charge on any atom is 0.416 e. The molecule has 250 valence electrons. The number of likely N-dealkylation sites (tertiary alicyclic amines) is 1. The summed E-state index contributed by atoms with van der Waals surface area (Å²) in [5.74, 6) is 0.276. The van der Waals surface area contributed by atoms with Crippen molar-refractivity contribution in [2.45, 2.75) is 44.1 Å². The molecular weight excluding hydrogens is 607 g/mol. The summed E-state index contributed by atoms with van der Waals surface area (Å²) in [6.45, 7) is 4.05. The highest BCUT2D eigenvalue weighted by atomic mass is 19.4. The lowest BCUT2D eigenvalue weighted by molar-refractivity contribution is -0.145. The van der Waals surface area contributed by atoms with E-state index in [1.54, 1.807) is 11.1 Å². The van der Waals surface area contributed by atoms with Crippen LogP contribution in [-0.4, -0.2) is 97.1 Å². The van der Waals surface area contributed by atoms with Crippen molar-refractivity contribution in [3.8, 4) is 0 Å². The second kappa shape index (κ2) is 15.6. The van der Waals surface area contributed by atoms with Crippen LogP contribution < -0.4 is 4.90 Å². The molecule has 2 aromatic carbocycles. The Labute approximate surface area is 274 Å². The van der Waals surface area contributed by atoms with Crippen LogP contribution >= 0.6 is 0 Å². The number of ether oxygens (including phenoxy) is 1. The number of carbonyl (C=O) groups is 2. The number of carbonyl (C=O) groups excluding carboxylic acids is 2. The van der Waals surface area contributed by atoms with Gasteiger partial charge in [-0.2, -0.15) is 13.2 Å². The summed E-state index contributed by atoms with van der Waals surface area (Å²) in [4.78, 5) is 40.8. The summed E-state index contributed by atoms with van der Waals surface area (Å²) in [6.07, 6.45) is 2.09. The Kier molecular flexibility index (Phi) is 11.3. The quantitative estimate of drug-likeness (QED) is 0.284. The maximum absolute atomic E-state index is 14.3. The molecule has 0 spiro atoms. The molecule has 11 heteroatoms. The van der Waals surface area contributed by atoms with Gasteiger partial charge in [-0.25, -0.2) is 4.98 Å². The number of morpholine rings is 1. The number of anilines is 1. The van der Waals surface area contributed by atoms with Gasteiger partial charge in [0.25, 0.3) is 0 Å². The van der Waals surface area contributed by atoms with Crippen LogP contribution in [0.3, 0.4) is 0 Å². The van der Waals surface area contributed by atoms with E-state index in [0.717, 1.165) is 55.0 Å². The normalized spacial score (nSPS) is 16.9. The summed E-state index contributed by atoms with van der Waals surface area (Å²) < 4.78 is 44.8. The summed E-state index contributed by atoms with van der Waals surface area (Å²) in [5, 5.41) is 0. The van der Waals surface area contributed by atoms with Gasteiger partial charge >= 0.3 is 6.18 Å². The first kappa shape index (κ1) is 34.1. The number of nitrogens with zero attached hydrogens (tertiary/aromatic N) is 5. The second-order valence-electron chi connectivity index (χ2n) is 12.3. The number of benzene rings is 2. The van der Waals surface area contributed by atoms with Gasteiger partial charge in [0.05, 0.1) is 18.8 Å². The zero-order valence-corrected chi connectivity index (χ0v) is 26.9. The fraction of sp³-hybridized carbons (Fsp3) is 0.417. The van der Waals surface area contributed by atoms with E-state index in [0.29, 0.717) is 44.3 Å². The molecule has 8 nitrogen and oxygen atoms in total. The largest absolute Gasteiger partial charge is 0.416 e. The standard InChI is InChI=1S/C36H42F3N5O3/c1-41(2)31-16-18-43(19-17-31)35(46)32(24-28-6-4-3-5-7-28)44(26-29-10-14-33(40-25-29)42-20-22-47-23-21-42)34(45)15-11-27-8-12-30(13-9-27)36(37,38)39/h3-15,25,31-32H,16-24,26H2,1-2H3. The lowest BCUT2D eigenvalue weighted by Crippen LogP contribution is -2.54. The van der Waals surface area contributed by atoms with Crippen LogP contribution in [-0.2, 0) is 33.5 Å². The van der Waals surface area contributed by atoms with Crippen molar-refractivity contribution in [2.75, 3.05) is 58.4 Å². The van der Waals surface area contributed by atoms with Gasteiger partial charge in [-0.3, -0.25) is 9.59 Å². The number of amides is 2. The third-order valence-electron chi connectivity index (χ3n) is 8.88. The molecule has 1 atom stereocenters. The molecular formula is C36H42F3N5O3. The molecule has 1 aromatic heterocycles. The van der Waals surface area contributed by atoms with Crippen molar-refractivity contribution in [3.63, 3.8) is 0 Å². The summed E-state index contributed by atoms with van der Waals surface area (Å²) >= 11 is 0. The van der Waals surface area contributed by atoms with Gasteiger partial charge in [0.15, 0.2) is 0 Å². The first-order valence-electron chi connectivity index (χ1n) is 16.0. The van der Waals surface area contributed by atoms with Crippen LogP contribution in [0.5, 0.6) is 0 Å². The van der Waals surface area contributed by atoms with Gasteiger partial charge in [0.1, 0.15) is 11.9 Å². The average molecular weight is 650 g/mol. The summed E-state index contributed by atoms with van der Waals surface area (Å²) in [6, 6.07) is 17.6. The van der Waals surface area contributed by atoms with E-state index in [1.807, 2.05) is 61.5 Å². The lowest BCUT2D eigenvalue weighted by Gasteiger charge is -2.39. The topological polar surface area (TPSA) is 69.2 Å². The first-order chi connectivity index (χ1) is 22.6. The van der Waals surface area contributed by atoms with Gasteiger partial charge in [-0.15, -0.1) is 0 Å². The second-order valence-corrected chi connectivity index (χ2v) is 12.3. The van der Waals surface area contributed by atoms with Gasteiger partial charge < -0.3 is 24.3 Å². The zero-order valence-electron chi connectivity index (χ0n) is 26.9. The average Bonchev–Trinajstić information content (AvgIpc) is 3.09. The fourth-order valence-electron chi connectivity index (χ4n) is 6.06. The summed E-state index contributed by atoms with van der Waals surface area (Å²) in [5.41, 5.74) is 1.36. The highest BCUT2D eigenvalue weighted by molar-refractivity contribution is 5.95. The minimum Gasteiger partial charge on any atom is -0.378 e. The SMILES string of the molecule is CN(C)C1CCN(C(=O)C(Cc2ccccc2)N(Cc2ccc(N3CCOCC3)nc2)C(=O)C=Cc2ccc(C(F)(F)F)cc2)CC1. The van der Waals surface area contributed by atoms with Crippen molar-refractivity contribution in [2.24, 2.45) is 0 Å². The molecule has 3 heterocycles. The van der Waals surface area contributed by atoms with Crippen molar-refractivity contribution in [1.82, 2.24) is 19.7 Å². The minimum atomic E-state index is -4.45. The first-order valence-corrected chi connectivity index (χ1v) is 16.0. The van der Waals surface area contributed by atoms with E-state index in [1.165, 1.54) is 24.3 Å². The Hall–Kier alpha value is -4.22. The highest BCUT2D eigenvalue weighted by Gasteiger charge is 2.35. The third kappa shape index (κ3) is 9.20. The molecule has 2 fully saturated rings. The van der Waals surface area contributed by atoms with Crippen LogP contribution in [0, 0.1) is 0 Å². The number of pyridine rings is 1. The monoisotopic (exact) mass is 649 g/mol. The van der Waals surface area contributed by atoms with E-state index in [2.05, 4.69) is 14.8 Å². The predicted molar refractivity (Wildman–Crippen MR) is 176 cm³/mol. The smallest absolute Gasteiger partial charge is 0.378 e. The Morgan fingerprint density at radius 3 is 2.21 bits per heavy atom. The molecule has 0 aliphatic carbocycles. The molecule has 2 saturated heterocycles. The molecule has 0 N–H and O–H groups in total. The number of aromatic nitrogens is 1. The Morgan fingerprint density at radius 2 is 1.62 bits per heavy atom. The molecule has 0 bridgehead atoms. The van der Waals surface area contributed by atoms with Crippen LogP contribution in [0.25, 0.3) is 6.08 Å². The highest BCUT2D eigenvalue weighted by Crippen LogP contribution is 2.29. The Balaban J connectivity index is 1.44. The van der Waals surface area contributed by atoms with Gasteiger partial charge in [0, 0.05) is 57.5 Å². The van der Waals surface area contributed by atoms with Gasteiger partial charge in [-0.1, -0.05) is 48.5 Å². The zero-order chi connectivity index (χ0) is 33.4. The van der Waals surface area contributed by atoms with Crippen LogP contribution in [0.4, 0.5) is 19.0 Å².